The first-order chi connectivity index (χ1) is 14.0. The summed E-state index contributed by atoms with van der Waals surface area (Å²) in [6.07, 6.45) is 2.56. The van der Waals surface area contributed by atoms with E-state index in [1.165, 1.54) is 12.1 Å². The topological polar surface area (TPSA) is 55.5 Å². The molecular weight excluding hydrogens is 369 g/mol. The average Bonchev–Trinajstić information content (AvgIpc) is 3.21. The summed E-state index contributed by atoms with van der Waals surface area (Å²) in [4.78, 5) is 25.2. The van der Waals surface area contributed by atoms with Crippen LogP contribution in [0, 0.1) is 5.82 Å². The minimum absolute atomic E-state index is 0.0753. The highest BCUT2D eigenvalue weighted by molar-refractivity contribution is 5.79. The van der Waals surface area contributed by atoms with Gasteiger partial charge in [0, 0.05) is 19.2 Å². The molecule has 1 amide bonds. The highest BCUT2D eigenvalue weighted by Gasteiger charge is 2.13. The summed E-state index contributed by atoms with van der Waals surface area (Å²) < 4.78 is 17.2. The van der Waals surface area contributed by atoms with Gasteiger partial charge in [-0.3, -0.25) is 9.59 Å². The van der Waals surface area contributed by atoms with E-state index in [4.69, 9.17) is 0 Å². The third-order valence-electron chi connectivity index (χ3n) is 5.16. The number of carbonyl (C=O) groups excluding carboxylic acids is 1. The Morgan fingerprint density at radius 3 is 2.62 bits per heavy atom. The molecule has 2 aromatic carbocycles. The number of carbonyl (C=O) groups is 1. The number of fused-ring (bicyclic) bond motifs is 3. The Labute approximate surface area is 167 Å². The molecule has 0 radical (unpaired) electrons. The minimum atomic E-state index is -0.397. The van der Waals surface area contributed by atoms with Crippen molar-refractivity contribution in [2.24, 2.45) is 0 Å². The highest BCUT2D eigenvalue weighted by Crippen LogP contribution is 2.17. The number of nitrogens with zero attached hydrogens (tertiary/aromatic N) is 2. The molecule has 0 saturated heterocycles. The largest absolute Gasteiger partial charge is 0.350 e. The molecule has 1 atom stereocenters. The lowest BCUT2D eigenvalue weighted by Crippen LogP contribution is -2.27. The number of hydrogen-bond acceptors (Lipinski definition) is 2. The van der Waals surface area contributed by atoms with E-state index in [1.54, 1.807) is 33.4 Å². The summed E-state index contributed by atoms with van der Waals surface area (Å²) in [5, 5.41) is 2.98. The summed E-state index contributed by atoms with van der Waals surface area (Å²) in [6.45, 7) is 2.28. The molecule has 2 heterocycles. The Kier molecular flexibility index (Phi) is 5.16. The summed E-state index contributed by atoms with van der Waals surface area (Å²) >= 11 is 0. The zero-order valence-corrected chi connectivity index (χ0v) is 16.1. The van der Waals surface area contributed by atoms with Crippen LogP contribution in [-0.2, 0) is 11.3 Å². The number of aryl methyl sites for hydroxylation is 1. The van der Waals surface area contributed by atoms with E-state index >= 15 is 0 Å². The van der Waals surface area contributed by atoms with Crippen LogP contribution >= 0.6 is 0 Å². The maximum atomic E-state index is 13.8. The van der Waals surface area contributed by atoms with Gasteiger partial charge in [0.15, 0.2) is 0 Å². The zero-order chi connectivity index (χ0) is 20.4. The van der Waals surface area contributed by atoms with E-state index in [2.05, 4.69) is 5.32 Å². The first kappa shape index (κ1) is 18.9. The SMILES string of the molecule is C[C@H](NC(=O)CCCn1c(=O)c2cccn2c2ccc(F)cc21)c1ccccc1. The van der Waals surface area contributed by atoms with Gasteiger partial charge < -0.3 is 14.3 Å². The third kappa shape index (κ3) is 3.78. The van der Waals surface area contributed by atoms with Gasteiger partial charge in [-0.25, -0.2) is 4.39 Å². The number of rotatable bonds is 6. The first-order valence-corrected chi connectivity index (χ1v) is 9.68. The van der Waals surface area contributed by atoms with Gasteiger partial charge in [-0.15, -0.1) is 0 Å². The van der Waals surface area contributed by atoms with Crippen LogP contribution < -0.4 is 10.9 Å². The fourth-order valence-electron chi connectivity index (χ4n) is 3.69. The molecule has 5 nitrogen and oxygen atoms in total. The lowest BCUT2D eigenvalue weighted by atomic mass is 10.1. The van der Waals surface area contributed by atoms with E-state index in [-0.39, 0.29) is 23.9 Å². The summed E-state index contributed by atoms with van der Waals surface area (Å²) in [6, 6.07) is 17.6. The van der Waals surface area contributed by atoms with E-state index in [9.17, 15) is 14.0 Å². The molecule has 0 saturated carbocycles. The molecule has 0 aliphatic carbocycles. The summed E-state index contributed by atoms with van der Waals surface area (Å²) in [5.41, 5.74) is 2.67. The first-order valence-electron chi connectivity index (χ1n) is 9.68. The van der Waals surface area contributed by atoms with Crippen LogP contribution in [0.3, 0.4) is 0 Å². The van der Waals surface area contributed by atoms with Crippen molar-refractivity contribution in [3.05, 3.63) is 88.6 Å². The molecule has 0 bridgehead atoms. The van der Waals surface area contributed by atoms with E-state index in [0.717, 1.165) is 11.1 Å². The van der Waals surface area contributed by atoms with Gasteiger partial charge in [-0.1, -0.05) is 30.3 Å². The fraction of sp³-hybridized carbons (Fsp3) is 0.217. The molecule has 6 heteroatoms. The predicted octanol–water partition coefficient (Wildman–Crippen LogP) is 4.05. The number of halogens is 1. The maximum Gasteiger partial charge on any atom is 0.275 e. The Bertz CT molecular complexity index is 1230. The van der Waals surface area contributed by atoms with Gasteiger partial charge in [0.05, 0.1) is 17.1 Å². The molecule has 4 aromatic rings. The van der Waals surface area contributed by atoms with Crippen molar-refractivity contribution < 1.29 is 9.18 Å². The molecule has 0 unspecified atom stereocenters. The second kappa shape index (κ2) is 7.91. The molecule has 2 aromatic heterocycles. The fourth-order valence-corrected chi connectivity index (χ4v) is 3.69. The predicted molar refractivity (Wildman–Crippen MR) is 111 cm³/mol. The lowest BCUT2D eigenvalue weighted by molar-refractivity contribution is -0.121. The third-order valence-corrected chi connectivity index (χ3v) is 5.16. The van der Waals surface area contributed by atoms with Gasteiger partial charge in [0.2, 0.25) is 5.91 Å². The molecular formula is C23H22FN3O2. The van der Waals surface area contributed by atoms with E-state index < -0.39 is 5.82 Å². The molecule has 29 heavy (non-hydrogen) atoms. The van der Waals surface area contributed by atoms with Crippen LogP contribution in [0.15, 0.2) is 71.7 Å². The van der Waals surface area contributed by atoms with Gasteiger partial charge >= 0.3 is 0 Å². The number of benzene rings is 2. The van der Waals surface area contributed by atoms with Crippen molar-refractivity contribution in [3.63, 3.8) is 0 Å². The lowest BCUT2D eigenvalue weighted by Gasteiger charge is -2.15. The monoisotopic (exact) mass is 391 g/mol. The van der Waals surface area contributed by atoms with Crippen LogP contribution in [0.4, 0.5) is 4.39 Å². The van der Waals surface area contributed by atoms with Crippen LogP contribution in [0.25, 0.3) is 16.6 Å². The average molecular weight is 391 g/mol. The number of hydrogen-bond donors (Lipinski definition) is 1. The zero-order valence-electron chi connectivity index (χ0n) is 16.1. The van der Waals surface area contributed by atoms with Gasteiger partial charge in [-0.05, 0) is 49.2 Å². The van der Waals surface area contributed by atoms with Crippen LogP contribution in [0.1, 0.15) is 31.4 Å². The van der Waals surface area contributed by atoms with Crippen molar-refractivity contribution in [2.45, 2.75) is 32.4 Å². The normalized spacial score (nSPS) is 12.3. The molecule has 4 rings (SSSR count). The van der Waals surface area contributed by atoms with Crippen molar-refractivity contribution >= 4 is 22.5 Å². The molecule has 0 aliphatic rings. The van der Waals surface area contributed by atoms with Crippen molar-refractivity contribution in [1.82, 2.24) is 14.3 Å². The number of aromatic nitrogens is 2. The smallest absolute Gasteiger partial charge is 0.275 e. The van der Waals surface area contributed by atoms with Gasteiger partial charge in [-0.2, -0.15) is 0 Å². The van der Waals surface area contributed by atoms with E-state index in [1.807, 2.05) is 37.3 Å². The van der Waals surface area contributed by atoms with Crippen molar-refractivity contribution in [2.75, 3.05) is 0 Å². The standard InChI is InChI=1S/C23H22FN3O2/c1-16(17-7-3-2-4-8-17)25-22(28)10-6-14-27-21-15-18(24)11-12-19(21)26-13-5-9-20(26)23(27)29/h2-5,7-9,11-13,15-16H,6,10,14H2,1H3,(H,25,28)/t16-/m0/s1. The molecule has 1 N–H and O–H groups in total. The highest BCUT2D eigenvalue weighted by atomic mass is 19.1. The van der Waals surface area contributed by atoms with Gasteiger partial charge in [0.25, 0.3) is 5.56 Å². The van der Waals surface area contributed by atoms with Crippen LogP contribution in [0.5, 0.6) is 0 Å². The molecule has 0 aliphatic heterocycles. The molecule has 0 fully saturated rings. The second-order valence-electron chi connectivity index (χ2n) is 7.16. The Morgan fingerprint density at radius 2 is 1.83 bits per heavy atom. The van der Waals surface area contributed by atoms with Crippen molar-refractivity contribution in [1.29, 1.82) is 0 Å². The van der Waals surface area contributed by atoms with Crippen molar-refractivity contribution in [3.8, 4) is 0 Å². The molecule has 148 valence electrons. The Hall–Kier alpha value is -3.41. The van der Waals surface area contributed by atoms with E-state index in [0.29, 0.717) is 24.0 Å². The van der Waals surface area contributed by atoms with Crippen LogP contribution in [0.2, 0.25) is 0 Å². The summed E-state index contributed by atoms with van der Waals surface area (Å²) in [7, 11) is 0. The van der Waals surface area contributed by atoms with Gasteiger partial charge in [0.1, 0.15) is 11.3 Å². The Morgan fingerprint density at radius 1 is 1.03 bits per heavy atom. The maximum absolute atomic E-state index is 13.8. The summed E-state index contributed by atoms with van der Waals surface area (Å²) in [5.74, 6) is -0.472. The minimum Gasteiger partial charge on any atom is -0.350 e. The quantitative estimate of drug-likeness (QED) is 0.539. The number of amides is 1. The Balaban J connectivity index is 1.51. The number of nitrogens with one attached hydrogen (secondary N) is 1. The molecule has 0 spiro atoms. The second-order valence-corrected chi connectivity index (χ2v) is 7.16. The van der Waals surface area contributed by atoms with Crippen LogP contribution in [-0.4, -0.2) is 14.9 Å².